The van der Waals surface area contributed by atoms with Gasteiger partial charge in [0.05, 0.1) is 18.1 Å². The van der Waals surface area contributed by atoms with E-state index in [9.17, 15) is 19.2 Å². The van der Waals surface area contributed by atoms with E-state index in [-0.39, 0.29) is 35.9 Å². The third-order valence-electron chi connectivity index (χ3n) is 9.73. The highest BCUT2D eigenvalue weighted by Gasteiger charge is 2.67. The van der Waals surface area contributed by atoms with Crippen LogP contribution in [-0.2, 0) is 34.9 Å². The predicted molar refractivity (Wildman–Crippen MR) is 171 cm³/mol. The molecule has 1 aromatic carbocycles. The second-order valence-corrected chi connectivity index (χ2v) is 15.0. The fourth-order valence-electron chi connectivity index (χ4n) is 7.04. The van der Waals surface area contributed by atoms with Crippen LogP contribution in [0.1, 0.15) is 80.7 Å². The standard InChI is InChI=1S/C33H51BN4O7/c1-19(2)26(38-30(42)43-31(4,5)6)29(41)37-23(15-21-13-11-10-12-14-21)28(40)36-20(3)27(39)35-18-34-44-25-17-22-16-24(32(22,7)8)33(25,9)45-34/h10-14,19-20,22-26H,15-18H2,1-9H3,(H,35,39)(H,36,40)(H,37,41)(H,38,42)/t20-,22-,23?,24?,25+,26?,33-/m0/s1. The fraction of sp³-hybridized carbons (Fsp3) is 0.697. The molecule has 0 aromatic heterocycles. The summed E-state index contributed by atoms with van der Waals surface area (Å²) in [5, 5.41) is 11.0. The van der Waals surface area contributed by atoms with Crippen LogP contribution in [0.15, 0.2) is 30.3 Å². The summed E-state index contributed by atoms with van der Waals surface area (Å²) in [7, 11) is -0.558. The summed E-state index contributed by atoms with van der Waals surface area (Å²) in [6.45, 7) is 17.1. The molecule has 1 aromatic rings. The molecule has 4 aliphatic rings. The number of hydrogen-bond acceptors (Lipinski definition) is 7. The first-order valence-electron chi connectivity index (χ1n) is 16.2. The van der Waals surface area contributed by atoms with E-state index < -0.39 is 54.7 Å². The van der Waals surface area contributed by atoms with Crippen molar-refractivity contribution in [3.8, 4) is 0 Å². The summed E-state index contributed by atoms with van der Waals surface area (Å²) < 4.78 is 17.9. The van der Waals surface area contributed by atoms with Gasteiger partial charge in [-0.05, 0) is 76.2 Å². The van der Waals surface area contributed by atoms with Crippen molar-refractivity contribution >= 4 is 30.9 Å². The first kappa shape index (κ1) is 34.8. The van der Waals surface area contributed by atoms with Gasteiger partial charge in [-0.25, -0.2) is 4.79 Å². The number of ether oxygens (including phenoxy) is 1. The molecule has 4 N–H and O–H groups in total. The Balaban J connectivity index is 1.35. The number of hydrogen-bond donors (Lipinski definition) is 4. The Morgan fingerprint density at radius 2 is 1.62 bits per heavy atom. The Labute approximate surface area is 267 Å². The van der Waals surface area contributed by atoms with Crippen molar-refractivity contribution in [2.24, 2.45) is 23.2 Å². The molecule has 2 bridgehead atoms. The van der Waals surface area contributed by atoms with Gasteiger partial charge in [-0.3, -0.25) is 14.4 Å². The third-order valence-corrected chi connectivity index (χ3v) is 9.73. The average Bonchev–Trinajstić information content (AvgIpc) is 3.29. The van der Waals surface area contributed by atoms with Gasteiger partial charge in [0.25, 0.3) is 0 Å². The van der Waals surface area contributed by atoms with Gasteiger partial charge >= 0.3 is 13.2 Å². The molecule has 12 heteroatoms. The summed E-state index contributed by atoms with van der Waals surface area (Å²) in [5.41, 5.74) is -0.0681. The van der Waals surface area contributed by atoms with Crippen molar-refractivity contribution in [2.45, 2.75) is 117 Å². The molecule has 5 rings (SSSR count). The van der Waals surface area contributed by atoms with E-state index >= 15 is 0 Å². The van der Waals surface area contributed by atoms with E-state index in [0.717, 1.165) is 18.4 Å². The summed E-state index contributed by atoms with van der Waals surface area (Å²) in [4.78, 5) is 52.4. The van der Waals surface area contributed by atoms with Crippen molar-refractivity contribution in [3.63, 3.8) is 0 Å². The number of amides is 4. The van der Waals surface area contributed by atoms with Crippen LogP contribution in [-0.4, -0.2) is 72.8 Å². The van der Waals surface area contributed by atoms with Crippen LogP contribution < -0.4 is 21.3 Å². The normalized spacial score (nSPS) is 26.9. The highest BCUT2D eigenvalue weighted by molar-refractivity contribution is 6.46. The molecule has 3 saturated carbocycles. The first-order valence-corrected chi connectivity index (χ1v) is 16.2. The Kier molecular flexibility index (Phi) is 10.3. The molecule has 45 heavy (non-hydrogen) atoms. The lowest BCUT2D eigenvalue weighted by molar-refractivity contribution is -0.199. The number of alkyl carbamates (subject to hydrolysis) is 1. The monoisotopic (exact) mass is 626 g/mol. The largest absolute Gasteiger partial charge is 0.478 e. The van der Waals surface area contributed by atoms with Crippen molar-refractivity contribution in [1.29, 1.82) is 0 Å². The maximum atomic E-state index is 13.5. The van der Waals surface area contributed by atoms with Gasteiger partial charge < -0.3 is 35.3 Å². The molecule has 11 nitrogen and oxygen atoms in total. The van der Waals surface area contributed by atoms with E-state index in [1.54, 1.807) is 41.5 Å². The van der Waals surface area contributed by atoms with Gasteiger partial charge in [0.2, 0.25) is 17.7 Å². The highest BCUT2D eigenvalue weighted by atomic mass is 16.7. The molecule has 3 aliphatic carbocycles. The number of carbonyl (C=O) groups is 4. The Hall–Kier alpha value is -3.12. The lowest BCUT2D eigenvalue weighted by atomic mass is 9.43. The van der Waals surface area contributed by atoms with E-state index in [4.69, 9.17) is 14.0 Å². The lowest BCUT2D eigenvalue weighted by Gasteiger charge is -2.64. The molecular formula is C33H51BN4O7. The third kappa shape index (κ3) is 8.00. The Bertz CT molecular complexity index is 1250. The molecule has 1 saturated heterocycles. The summed E-state index contributed by atoms with van der Waals surface area (Å²) in [6, 6.07) is 6.42. The molecule has 4 amide bonds. The zero-order valence-corrected chi connectivity index (χ0v) is 28.2. The Morgan fingerprint density at radius 3 is 2.22 bits per heavy atom. The fourth-order valence-corrected chi connectivity index (χ4v) is 7.04. The Morgan fingerprint density at radius 1 is 0.956 bits per heavy atom. The molecular weight excluding hydrogens is 575 g/mol. The molecule has 0 radical (unpaired) electrons. The van der Waals surface area contributed by atoms with Gasteiger partial charge in [0, 0.05) is 6.42 Å². The van der Waals surface area contributed by atoms with Crippen molar-refractivity contribution in [3.05, 3.63) is 35.9 Å². The maximum Gasteiger partial charge on any atom is 0.478 e. The second-order valence-electron chi connectivity index (χ2n) is 15.0. The van der Waals surface area contributed by atoms with Crippen LogP contribution in [0.3, 0.4) is 0 Å². The van der Waals surface area contributed by atoms with Crippen LogP contribution >= 0.6 is 0 Å². The molecule has 4 fully saturated rings. The molecule has 7 atom stereocenters. The molecule has 3 unspecified atom stereocenters. The maximum absolute atomic E-state index is 13.5. The highest BCUT2D eigenvalue weighted by Crippen LogP contribution is 2.65. The van der Waals surface area contributed by atoms with Gasteiger partial charge in [0.15, 0.2) is 0 Å². The van der Waals surface area contributed by atoms with Crippen LogP contribution in [0.25, 0.3) is 0 Å². The van der Waals surface area contributed by atoms with Crippen molar-refractivity contribution < 1.29 is 33.2 Å². The van der Waals surface area contributed by atoms with E-state index in [2.05, 4.69) is 42.0 Å². The minimum absolute atomic E-state index is 0.00938. The second kappa shape index (κ2) is 13.3. The van der Waals surface area contributed by atoms with Crippen LogP contribution in [0.4, 0.5) is 4.79 Å². The van der Waals surface area contributed by atoms with Crippen molar-refractivity contribution in [1.82, 2.24) is 21.3 Å². The van der Waals surface area contributed by atoms with Gasteiger partial charge in [-0.15, -0.1) is 0 Å². The van der Waals surface area contributed by atoms with E-state index in [1.165, 1.54) is 0 Å². The predicted octanol–water partition coefficient (Wildman–Crippen LogP) is 3.15. The smallest absolute Gasteiger partial charge is 0.444 e. The average molecular weight is 627 g/mol. The van der Waals surface area contributed by atoms with Crippen molar-refractivity contribution in [2.75, 3.05) is 6.44 Å². The first-order chi connectivity index (χ1) is 20.9. The quantitative estimate of drug-likeness (QED) is 0.276. The zero-order valence-electron chi connectivity index (χ0n) is 28.2. The minimum Gasteiger partial charge on any atom is -0.444 e. The molecule has 248 valence electrons. The number of carbonyl (C=O) groups excluding carboxylic acids is 4. The minimum atomic E-state index is -1.00. The molecule has 1 aliphatic heterocycles. The van der Waals surface area contributed by atoms with Crippen LogP contribution in [0.5, 0.6) is 0 Å². The van der Waals surface area contributed by atoms with Gasteiger partial charge in [-0.1, -0.05) is 58.0 Å². The molecule has 1 heterocycles. The van der Waals surface area contributed by atoms with E-state index in [1.807, 2.05) is 30.3 Å². The topological polar surface area (TPSA) is 144 Å². The SMILES string of the molecule is CC(C)C(NC(=O)OC(C)(C)C)C(=O)NC(Cc1ccccc1)C(=O)N[C@@H](C)C(=O)NCB1O[C@@H]2C[C@@H]3CC(C3(C)C)[C@]2(C)O1. The molecule has 0 spiro atoms. The number of rotatable bonds is 11. The van der Waals surface area contributed by atoms with Crippen LogP contribution in [0.2, 0.25) is 0 Å². The summed E-state index contributed by atoms with van der Waals surface area (Å²) in [6.07, 6.45) is 1.73. The van der Waals surface area contributed by atoms with Gasteiger partial charge in [0.1, 0.15) is 23.7 Å². The number of nitrogens with one attached hydrogen (secondary N) is 4. The van der Waals surface area contributed by atoms with E-state index in [0.29, 0.717) is 11.8 Å². The zero-order chi connectivity index (χ0) is 33.3. The summed E-state index contributed by atoms with van der Waals surface area (Å²) in [5.74, 6) is -0.693. The summed E-state index contributed by atoms with van der Waals surface area (Å²) >= 11 is 0. The number of benzene rings is 1. The van der Waals surface area contributed by atoms with Gasteiger partial charge in [-0.2, -0.15) is 0 Å². The lowest BCUT2D eigenvalue weighted by Crippen LogP contribution is -2.65. The van der Waals surface area contributed by atoms with Crippen LogP contribution in [0, 0.1) is 23.2 Å².